The van der Waals surface area contributed by atoms with Crippen LogP contribution in [0.1, 0.15) is 11.1 Å². The number of methoxy groups -OCH3 is 1. The fourth-order valence-corrected chi connectivity index (χ4v) is 2.14. The maximum atomic E-state index is 5.37. The lowest BCUT2D eigenvalue weighted by Crippen LogP contribution is -2.04. The van der Waals surface area contributed by atoms with Crippen molar-refractivity contribution in [2.24, 2.45) is 4.99 Å². The summed E-state index contributed by atoms with van der Waals surface area (Å²) in [6.07, 6.45) is 2.61. The van der Waals surface area contributed by atoms with E-state index in [1.54, 1.807) is 7.11 Å². The van der Waals surface area contributed by atoms with Crippen molar-refractivity contribution in [1.29, 1.82) is 0 Å². The summed E-state index contributed by atoms with van der Waals surface area (Å²) in [4.78, 5) is 5.33. The molecule has 0 fully saturated rings. The number of nitrogens with zero attached hydrogens (tertiary/aromatic N) is 1. The van der Waals surface area contributed by atoms with Crippen molar-refractivity contribution < 1.29 is 4.74 Å². The summed E-state index contributed by atoms with van der Waals surface area (Å²) in [7, 11) is 1.66. The van der Waals surface area contributed by atoms with Gasteiger partial charge in [0.2, 0.25) is 0 Å². The average molecular weight is 283 g/mol. The zero-order chi connectivity index (χ0) is 14.2. The van der Waals surface area contributed by atoms with Crippen molar-refractivity contribution in [2.45, 2.75) is 6.42 Å². The predicted molar refractivity (Wildman–Crippen MR) is 88.2 cm³/mol. The molecular formula is C17H17NOS. The molecule has 3 heteroatoms. The third-order valence-corrected chi connectivity index (χ3v) is 3.15. The Bertz CT molecular complexity index is 593. The highest BCUT2D eigenvalue weighted by Crippen LogP contribution is 2.14. The lowest BCUT2D eigenvalue weighted by atomic mass is 10.1. The van der Waals surface area contributed by atoms with E-state index in [0.29, 0.717) is 6.54 Å². The third-order valence-electron chi connectivity index (χ3n) is 2.88. The van der Waals surface area contributed by atoms with Gasteiger partial charge in [-0.3, -0.25) is 4.99 Å². The molecule has 0 heterocycles. The predicted octanol–water partition coefficient (Wildman–Crippen LogP) is 3.73. The first-order chi connectivity index (χ1) is 9.79. The van der Waals surface area contributed by atoms with E-state index in [9.17, 15) is 0 Å². The zero-order valence-corrected chi connectivity index (χ0v) is 12.3. The Morgan fingerprint density at radius 1 is 1.10 bits per heavy atom. The van der Waals surface area contributed by atoms with Gasteiger partial charge in [-0.15, -0.1) is 0 Å². The molecule has 0 aromatic heterocycles. The van der Waals surface area contributed by atoms with Gasteiger partial charge in [0.15, 0.2) is 0 Å². The van der Waals surface area contributed by atoms with E-state index in [-0.39, 0.29) is 0 Å². The van der Waals surface area contributed by atoms with Crippen LogP contribution in [0.3, 0.4) is 0 Å². The van der Waals surface area contributed by atoms with Crippen molar-refractivity contribution in [3.63, 3.8) is 0 Å². The summed E-state index contributed by atoms with van der Waals surface area (Å²) in [5.74, 6) is 0.824. The lowest BCUT2D eigenvalue weighted by molar-refractivity contribution is 0.414. The fraction of sp³-hybridized carbons (Fsp3) is 0.176. The lowest BCUT2D eigenvalue weighted by Gasteiger charge is -2.03. The Morgan fingerprint density at radius 2 is 1.80 bits per heavy atom. The third kappa shape index (κ3) is 4.28. The molecule has 0 aliphatic heterocycles. The molecule has 20 heavy (non-hydrogen) atoms. The Kier molecular flexibility index (Phi) is 5.44. The topological polar surface area (TPSA) is 21.6 Å². The minimum absolute atomic E-state index is 0.558. The van der Waals surface area contributed by atoms with Crippen LogP contribution >= 0.6 is 12.2 Å². The first-order valence-corrected chi connectivity index (χ1v) is 6.89. The minimum atomic E-state index is 0.558. The van der Waals surface area contributed by atoms with Gasteiger partial charge in [-0.1, -0.05) is 54.7 Å². The maximum absolute atomic E-state index is 5.37. The van der Waals surface area contributed by atoms with Crippen molar-refractivity contribution >= 4 is 23.3 Å². The summed E-state index contributed by atoms with van der Waals surface area (Å²) in [5, 5.41) is 0. The van der Waals surface area contributed by atoms with Crippen LogP contribution in [0.15, 0.2) is 59.6 Å². The number of hydrogen-bond donors (Lipinski definition) is 0. The van der Waals surface area contributed by atoms with Gasteiger partial charge in [-0.05, 0) is 17.7 Å². The second kappa shape index (κ2) is 7.56. The second-order valence-corrected chi connectivity index (χ2v) is 4.99. The highest BCUT2D eigenvalue weighted by Gasteiger charge is 1.99. The quantitative estimate of drug-likeness (QED) is 0.595. The Hall–Kier alpha value is -2.00. The van der Waals surface area contributed by atoms with Gasteiger partial charge in [0.25, 0.3) is 0 Å². The molecule has 0 bridgehead atoms. The number of ether oxygens (including phenoxy) is 1. The molecule has 0 saturated carbocycles. The van der Waals surface area contributed by atoms with E-state index in [4.69, 9.17) is 17.0 Å². The zero-order valence-electron chi connectivity index (χ0n) is 11.5. The van der Waals surface area contributed by atoms with Crippen LogP contribution in [0, 0.1) is 0 Å². The van der Waals surface area contributed by atoms with Crippen LogP contribution in [-0.4, -0.2) is 24.7 Å². The van der Waals surface area contributed by atoms with E-state index in [1.807, 2.05) is 48.7 Å². The Labute approximate surface area is 125 Å². The van der Waals surface area contributed by atoms with Gasteiger partial charge in [0, 0.05) is 23.1 Å². The van der Waals surface area contributed by atoms with E-state index < -0.39 is 0 Å². The van der Waals surface area contributed by atoms with Crippen molar-refractivity contribution in [3.05, 3.63) is 65.7 Å². The molecule has 0 saturated heterocycles. The summed E-state index contributed by atoms with van der Waals surface area (Å²) in [5.41, 5.74) is 2.20. The maximum Gasteiger partial charge on any atom is 0.127 e. The van der Waals surface area contributed by atoms with Gasteiger partial charge in [0.1, 0.15) is 5.75 Å². The van der Waals surface area contributed by atoms with Gasteiger partial charge < -0.3 is 4.74 Å². The molecule has 2 nitrogen and oxygen atoms in total. The summed E-state index contributed by atoms with van der Waals surface area (Å²) in [6.45, 7) is 0.558. The van der Waals surface area contributed by atoms with Crippen LogP contribution in [-0.2, 0) is 6.42 Å². The normalized spacial score (nSPS) is 10.7. The Balaban J connectivity index is 1.91. The molecule has 0 atom stereocenters. The molecular weight excluding hydrogens is 266 g/mol. The number of rotatable bonds is 6. The second-order valence-electron chi connectivity index (χ2n) is 4.41. The molecule has 0 amide bonds. The van der Waals surface area contributed by atoms with Gasteiger partial charge in [0.05, 0.1) is 13.7 Å². The number of hydrogen-bond acceptors (Lipinski definition) is 3. The molecule has 2 aromatic carbocycles. The standard InChI is InChI=1S/C17H17NOS/c1-19-17-10-6-5-9-15(17)12-18-13-16(20)11-14-7-3-2-4-8-14/h2-10,12H,11,13H2,1H3. The van der Waals surface area contributed by atoms with Crippen LogP contribution in [0.5, 0.6) is 5.75 Å². The van der Waals surface area contributed by atoms with Gasteiger partial charge >= 0.3 is 0 Å². The van der Waals surface area contributed by atoms with E-state index >= 15 is 0 Å². The molecule has 0 aliphatic rings. The number of thiocarbonyl (C=S) groups is 1. The molecule has 0 aliphatic carbocycles. The highest BCUT2D eigenvalue weighted by molar-refractivity contribution is 7.80. The van der Waals surface area contributed by atoms with Gasteiger partial charge in [-0.2, -0.15) is 0 Å². The van der Waals surface area contributed by atoms with Crippen LogP contribution < -0.4 is 4.74 Å². The van der Waals surface area contributed by atoms with E-state index in [0.717, 1.165) is 22.6 Å². The number of benzene rings is 2. The Morgan fingerprint density at radius 3 is 2.55 bits per heavy atom. The first kappa shape index (κ1) is 14.4. The number of para-hydroxylation sites is 1. The average Bonchev–Trinajstić information content (AvgIpc) is 2.49. The summed E-state index contributed by atoms with van der Waals surface area (Å²) in [6, 6.07) is 18.0. The smallest absolute Gasteiger partial charge is 0.127 e. The molecule has 0 unspecified atom stereocenters. The first-order valence-electron chi connectivity index (χ1n) is 6.48. The van der Waals surface area contributed by atoms with Crippen LogP contribution in [0.2, 0.25) is 0 Å². The van der Waals surface area contributed by atoms with Crippen LogP contribution in [0.25, 0.3) is 0 Å². The van der Waals surface area contributed by atoms with Gasteiger partial charge in [-0.25, -0.2) is 0 Å². The minimum Gasteiger partial charge on any atom is -0.496 e. The molecule has 102 valence electrons. The fourth-order valence-electron chi connectivity index (χ4n) is 1.90. The van der Waals surface area contributed by atoms with Crippen molar-refractivity contribution in [1.82, 2.24) is 0 Å². The van der Waals surface area contributed by atoms with Crippen LogP contribution in [0.4, 0.5) is 0 Å². The van der Waals surface area contributed by atoms with E-state index in [1.165, 1.54) is 5.56 Å². The monoisotopic (exact) mass is 283 g/mol. The molecule has 0 radical (unpaired) electrons. The van der Waals surface area contributed by atoms with Crippen molar-refractivity contribution in [3.8, 4) is 5.75 Å². The number of aliphatic imine (C=N–C) groups is 1. The molecule has 2 aromatic rings. The van der Waals surface area contributed by atoms with E-state index in [2.05, 4.69) is 17.1 Å². The van der Waals surface area contributed by atoms with Crippen molar-refractivity contribution in [2.75, 3.05) is 13.7 Å². The largest absolute Gasteiger partial charge is 0.496 e. The SMILES string of the molecule is COc1ccccc1C=NCC(=S)Cc1ccccc1. The highest BCUT2D eigenvalue weighted by atomic mass is 32.1. The summed E-state index contributed by atoms with van der Waals surface area (Å²) < 4.78 is 5.27. The molecule has 2 rings (SSSR count). The molecule has 0 N–H and O–H groups in total. The molecule has 0 spiro atoms. The summed E-state index contributed by atoms with van der Waals surface area (Å²) >= 11 is 5.37.